The van der Waals surface area contributed by atoms with E-state index in [2.05, 4.69) is 11.5 Å². The van der Waals surface area contributed by atoms with Crippen molar-refractivity contribution in [1.29, 1.82) is 0 Å². The van der Waals surface area contributed by atoms with Gasteiger partial charge in [0.1, 0.15) is 0 Å². The number of hydrogen-bond acceptors (Lipinski definition) is 4. The van der Waals surface area contributed by atoms with Gasteiger partial charge < -0.3 is 26.8 Å². The highest BCUT2D eigenvalue weighted by Crippen LogP contribution is 1.82. The Hall–Kier alpha value is -1.43. The summed E-state index contributed by atoms with van der Waals surface area (Å²) in [5.41, 5.74) is 8.50. The van der Waals surface area contributed by atoms with E-state index in [9.17, 15) is 0 Å². The topological polar surface area (TPSA) is 130 Å². The number of aliphatic hydroxyl groups is 3. The zero-order valence-corrected chi connectivity index (χ0v) is 5.90. The fourth-order valence-electron chi connectivity index (χ4n) is 0.194. The summed E-state index contributed by atoms with van der Waals surface area (Å²) in [6.07, 6.45) is 1.42. The summed E-state index contributed by atoms with van der Waals surface area (Å²) >= 11 is 0. The van der Waals surface area contributed by atoms with Crippen LogP contribution in [0, 0.1) is 0 Å². The molecule has 0 unspecified atom stereocenters. The molecule has 0 saturated carbocycles. The van der Waals surface area contributed by atoms with Gasteiger partial charge >= 0.3 is 6.03 Å². The van der Waals surface area contributed by atoms with Crippen LogP contribution in [0.15, 0.2) is 12.0 Å². The van der Waals surface area contributed by atoms with E-state index in [0.29, 0.717) is 6.42 Å². The molecular formula is C5H12N2O4. The molecule has 0 radical (unpaired) electrons. The van der Waals surface area contributed by atoms with E-state index < -0.39 is 12.0 Å². The third-order valence-electron chi connectivity index (χ3n) is 0.456. The molecule has 0 aliphatic heterocycles. The second-order valence-corrected chi connectivity index (χ2v) is 1.48. The van der Waals surface area contributed by atoms with Crippen LogP contribution >= 0.6 is 0 Å². The molecule has 0 atom stereocenters. The number of carbonyl (C=O) groups is 1. The van der Waals surface area contributed by atoms with Crippen molar-refractivity contribution < 1.29 is 20.1 Å². The van der Waals surface area contributed by atoms with Gasteiger partial charge in [-0.3, -0.25) is 0 Å². The molecule has 66 valence electrons. The van der Waals surface area contributed by atoms with E-state index in [1.807, 2.05) is 0 Å². The van der Waals surface area contributed by atoms with Gasteiger partial charge in [-0.05, 0) is 12.5 Å². The van der Waals surface area contributed by atoms with Gasteiger partial charge in [0.15, 0.2) is 0 Å². The van der Waals surface area contributed by atoms with Crippen molar-refractivity contribution in [3.8, 4) is 0 Å². The van der Waals surface area contributed by atoms with E-state index in [0.717, 1.165) is 6.08 Å². The molecule has 0 aromatic heterocycles. The first kappa shape index (κ1) is 12.3. The SMILES string of the molecule is NC(N)=O.OCCC=C(O)O. The zero-order valence-electron chi connectivity index (χ0n) is 5.90. The highest BCUT2D eigenvalue weighted by molar-refractivity contribution is 5.69. The molecule has 0 spiro atoms. The van der Waals surface area contributed by atoms with Crippen molar-refractivity contribution in [2.45, 2.75) is 6.42 Å². The Balaban J connectivity index is 0. The molecule has 7 N–H and O–H groups in total. The van der Waals surface area contributed by atoms with Crippen LogP contribution in [-0.2, 0) is 0 Å². The standard InChI is InChI=1S/C4H8O3.CH4N2O/c5-3-1-2-4(6)7;2-1(3)4/h2,5-7H,1,3H2;(H4,2,3,4). The predicted molar refractivity (Wildman–Crippen MR) is 38.8 cm³/mol. The summed E-state index contributed by atoms with van der Waals surface area (Å²) in [5, 5.41) is 24.0. The Morgan fingerprint density at radius 2 is 1.73 bits per heavy atom. The fraction of sp³-hybridized carbons (Fsp3) is 0.400. The molecule has 2 amide bonds. The van der Waals surface area contributed by atoms with Crippen LogP contribution < -0.4 is 11.5 Å². The van der Waals surface area contributed by atoms with Crippen molar-refractivity contribution >= 4 is 6.03 Å². The lowest BCUT2D eigenvalue weighted by molar-refractivity contribution is 0.186. The van der Waals surface area contributed by atoms with Gasteiger partial charge in [0.05, 0.1) is 0 Å². The number of rotatable bonds is 2. The largest absolute Gasteiger partial charge is 0.481 e. The lowest BCUT2D eigenvalue weighted by atomic mass is 10.4. The molecule has 6 nitrogen and oxygen atoms in total. The molecule has 11 heavy (non-hydrogen) atoms. The normalized spacial score (nSPS) is 7.36. The quantitative estimate of drug-likeness (QED) is 0.347. The molecule has 0 rings (SSSR count). The van der Waals surface area contributed by atoms with Crippen LogP contribution in [0.1, 0.15) is 6.42 Å². The lowest BCUT2D eigenvalue weighted by Crippen LogP contribution is -2.18. The molecule has 0 fully saturated rings. The van der Waals surface area contributed by atoms with E-state index in [1.54, 1.807) is 0 Å². The minimum Gasteiger partial charge on any atom is -0.481 e. The first-order valence-corrected chi connectivity index (χ1v) is 2.74. The minimum absolute atomic E-state index is 0.0510. The molecule has 6 heteroatoms. The number of primary amides is 2. The van der Waals surface area contributed by atoms with Gasteiger partial charge in [0, 0.05) is 6.61 Å². The maximum Gasteiger partial charge on any atom is 0.309 e. The Kier molecular flexibility index (Phi) is 9.56. The minimum atomic E-state index is -0.833. The second kappa shape index (κ2) is 8.57. The van der Waals surface area contributed by atoms with Gasteiger partial charge in [0.25, 0.3) is 5.95 Å². The summed E-state index contributed by atoms with van der Waals surface area (Å²) in [5.74, 6) is -0.728. The Morgan fingerprint density at radius 3 is 1.82 bits per heavy atom. The highest BCUT2D eigenvalue weighted by Gasteiger charge is 1.79. The number of carbonyl (C=O) groups excluding carboxylic acids is 1. The van der Waals surface area contributed by atoms with Gasteiger partial charge in [-0.2, -0.15) is 0 Å². The summed E-state index contributed by atoms with van der Waals surface area (Å²) in [6.45, 7) is -0.0510. The monoisotopic (exact) mass is 164 g/mol. The van der Waals surface area contributed by atoms with Crippen LogP contribution in [-0.4, -0.2) is 28.0 Å². The average molecular weight is 164 g/mol. The second-order valence-electron chi connectivity index (χ2n) is 1.48. The Labute approximate surface area is 63.7 Å². The molecule has 0 aliphatic carbocycles. The number of urea groups is 1. The van der Waals surface area contributed by atoms with Crippen molar-refractivity contribution in [2.24, 2.45) is 11.5 Å². The molecule has 0 aliphatic rings. The third kappa shape index (κ3) is 56.0. The maximum absolute atomic E-state index is 9.00. The number of aliphatic hydroxyl groups excluding tert-OH is 2. The third-order valence-corrected chi connectivity index (χ3v) is 0.456. The number of hydrogen-bond donors (Lipinski definition) is 5. The van der Waals surface area contributed by atoms with Gasteiger partial charge in [-0.25, -0.2) is 4.79 Å². The maximum atomic E-state index is 9.00. The van der Waals surface area contributed by atoms with E-state index in [4.69, 9.17) is 20.1 Å². The average Bonchev–Trinajstić information content (AvgIpc) is 1.82. The van der Waals surface area contributed by atoms with Crippen molar-refractivity contribution in [2.75, 3.05) is 6.61 Å². The van der Waals surface area contributed by atoms with E-state index >= 15 is 0 Å². The Morgan fingerprint density at radius 1 is 1.36 bits per heavy atom. The molecule has 0 aromatic rings. The van der Waals surface area contributed by atoms with Crippen LogP contribution in [0.25, 0.3) is 0 Å². The van der Waals surface area contributed by atoms with Crippen LogP contribution in [0.3, 0.4) is 0 Å². The van der Waals surface area contributed by atoms with Gasteiger partial charge in [-0.15, -0.1) is 0 Å². The first-order chi connectivity index (χ1) is 5.00. The predicted octanol–water partition coefficient (Wildman–Crippen LogP) is -0.650. The lowest BCUT2D eigenvalue weighted by Gasteiger charge is -1.83. The van der Waals surface area contributed by atoms with E-state index in [1.165, 1.54) is 0 Å². The van der Waals surface area contributed by atoms with Gasteiger partial charge in [-0.1, -0.05) is 0 Å². The van der Waals surface area contributed by atoms with Crippen molar-refractivity contribution in [1.82, 2.24) is 0 Å². The first-order valence-electron chi connectivity index (χ1n) is 2.74. The fourth-order valence-corrected chi connectivity index (χ4v) is 0.194. The van der Waals surface area contributed by atoms with Gasteiger partial charge in [0.2, 0.25) is 0 Å². The smallest absolute Gasteiger partial charge is 0.309 e. The summed E-state index contributed by atoms with van der Waals surface area (Å²) < 4.78 is 0. The molecule has 0 aromatic carbocycles. The molecule has 0 bridgehead atoms. The zero-order chi connectivity index (χ0) is 9.28. The van der Waals surface area contributed by atoms with E-state index in [-0.39, 0.29) is 6.61 Å². The van der Waals surface area contributed by atoms with Crippen molar-refractivity contribution in [3.63, 3.8) is 0 Å². The highest BCUT2D eigenvalue weighted by atomic mass is 16.5. The van der Waals surface area contributed by atoms with Crippen molar-refractivity contribution in [3.05, 3.63) is 12.0 Å². The van der Waals surface area contributed by atoms with Crippen LogP contribution in [0.5, 0.6) is 0 Å². The molecule has 0 heterocycles. The summed E-state index contributed by atoms with van der Waals surface area (Å²) in [7, 11) is 0. The van der Waals surface area contributed by atoms with Crippen LogP contribution in [0.2, 0.25) is 0 Å². The molecule has 0 saturated heterocycles. The molecular weight excluding hydrogens is 152 g/mol. The summed E-state index contributed by atoms with van der Waals surface area (Å²) in [4.78, 5) is 9.00. The van der Waals surface area contributed by atoms with Crippen LogP contribution in [0.4, 0.5) is 4.79 Å². The number of nitrogens with two attached hydrogens (primary N) is 2. The summed E-state index contributed by atoms with van der Waals surface area (Å²) in [6, 6.07) is -0.833. The Bertz CT molecular complexity index is 126. The number of amides is 2.